The second-order valence-corrected chi connectivity index (χ2v) is 7.99. The van der Waals surface area contributed by atoms with Crippen molar-refractivity contribution < 1.29 is 35.8 Å². The summed E-state index contributed by atoms with van der Waals surface area (Å²) in [4.78, 5) is 22.6. The van der Waals surface area contributed by atoms with Crippen LogP contribution in [0.2, 0.25) is 0 Å². The Morgan fingerprint density at radius 3 is 2.56 bits per heavy atom. The lowest BCUT2D eigenvalue weighted by molar-refractivity contribution is -0.876. The van der Waals surface area contributed by atoms with Crippen LogP contribution in [0.5, 0.6) is 0 Å². The Balaban J connectivity index is 0.00000288. The highest BCUT2D eigenvalue weighted by molar-refractivity contribution is 7.84. The summed E-state index contributed by atoms with van der Waals surface area (Å²) < 4.78 is 13.7. The maximum absolute atomic E-state index is 11.9. The molecule has 0 aliphatic carbocycles. The van der Waals surface area contributed by atoms with Crippen molar-refractivity contribution in [3.05, 3.63) is 23.4 Å². The first-order chi connectivity index (χ1) is 10.6. The quantitative estimate of drug-likeness (QED) is 0.385. The van der Waals surface area contributed by atoms with Crippen LogP contribution >= 0.6 is 12.4 Å². The highest BCUT2D eigenvalue weighted by atomic mass is 35.5. The number of rotatable bonds is 6. The minimum Gasteiger partial charge on any atom is -1.00 e. The van der Waals surface area contributed by atoms with Crippen molar-refractivity contribution in [2.45, 2.75) is 24.3 Å². The lowest BCUT2D eigenvalue weighted by atomic mass is 9.97. The highest BCUT2D eigenvalue weighted by Crippen LogP contribution is 2.38. The van der Waals surface area contributed by atoms with Gasteiger partial charge in [0.25, 0.3) is 5.91 Å². The number of carbonyl (C=O) groups excluding carboxylic acids is 1. The number of carboxylic acid groups (broad SMARTS) is 1. The van der Waals surface area contributed by atoms with Crippen LogP contribution in [0.3, 0.4) is 0 Å². The van der Waals surface area contributed by atoms with E-state index in [1.54, 1.807) is 6.08 Å². The van der Waals surface area contributed by atoms with Crippen molar-refractivity contribution in [1.29, 1.82) is 0 Å². The van der Waals surface area contributed by atoms with E-state index in [-0.39, 0.29) is 49.0 Å². The van der Waals surface area contributed by atoms with E-state index in [2.05, 4.69) is 0 Å². The number of fused-ring (bicyclic) bond motifs is 1. The number of allylic oxidation sites excluding steroid dienone is 2. The van der Waals surface area contributed by atoms with E-state index in [9.17, 15) is 18.9 Å². The molecule has 0 aromatic heterocycles. The number of nitrogens with two attached hydrogens (primary N) is 2. The molecule has 25 heavy (non-hydrogen) atoms. The Kier molecular flexibility index (Phi) is 8.59. The molecule has 2 rings (SSSR count). The number of carboxylic acids is 1. The van der Waals surface area contributed by atoms with Gasteiger partial charge in [0.05, 0.1) is 26.7 Å². The second kappa shape index (κ2) is 9.00. The third-order valence-corrected chi connectivity index (χ3v) is 5.67. The first-order valence-electron chi connectivity index (χ1n) is 7.33. The molecule has 5 N–H and O–H groups in total. The van der Waals surface area contributed by atoms with Crippen molar-refractivity contribution in [3.63, 3.8) is 0 Å². The number of halogens is 2. The summed E-state index contributed by atoms with van der Waals surface area (Å²) in [6.45, 7) is 0.730. The molecule has 1 fully saturated rings. The number of likely N-dealkylation sites (N-methyl/N-ethyl adjacent to an activating group) is 1. The maximum Gasteiger partial charge on any atom is 0.353 e. The maximum atomic E-state index is 11.9. The Bertz CT molecular complexity index is 624. The standard InChI is InChI=1S/C14H22N4O4S.2ClH/c1-18(2,8-11(15)19)7-3-4-9-5-6-10-13(16)23(22)17(10)12(9)14(20)21;;/h3-4,10,13H,5-8,16H2,1-2H3,(H2-,15,19,20,21);2*1H/b4-3+;;/t10-,13-,23?;;/m1../s1. The zero-order valence-electron chi connectivity index (χ0n) is 14.1. The fraction of sp³-hybridized carbons (Fsp3) is 0.571. The van der Waals surface area contributed by atoms with Gasteiger partial charge in [-0.25, -0.2) is 9.00 Å². The first kappa shape index (κ1) is 23.9. The smallest absolute Gasteiger partial charge is 0.353 e. The lowest BCUT2D eigenvalue weighted by Gasteiger charge is -2.48. The molecule has 144 valence electrons. The topological polar surface area (TPSA) is 127 Å². The molecule has 0 aromatic rings. The van der Waals surface area contributed by atoms with Crippen molar-refractivity contribution in [2.24, 2.45) is 11.5 Å². The molecule has 11 heteroatoms. The Morgan fingerprint density at radius 1 is 1.44 bits per heavy atom. The predicted molar refractivity (Wildman–Crippen MR) is 93.1 cm³/mol. The van der Waals surface area contributed by atoms with Crippen molar-refractivity contribution in [2.75, 3.05) is 27.2 Å². The van der Waals surface area contributed by atoms with E-state index in [4.69, 9.17) is 11.5 Å². The van der Waals surface area contributed by atoms with Gasteiger partial charge in [0.2, 0.25) is 0 Å². The van der Waals surface area contributed by atoms with Gasteiger partial charge in [-0.1, -0.05) is 6.08 Å². The number of aliphatic carboxylic acids is 1. The van der Waals surface area contributed by atoms with E-state index in [1.807, 2.05) is 20.2 Å². The van der Waals surface area contributed by atoms with Crippen LogP contribution in [0.25, 0.3) is 0 Å². The van der Waals surface area contributed by atoms with E-state index >= 15 is 0 Å². The van der Waals surface area contributed by atoms with Crippen LogP contribution in [-0.2, 0) is 20.6 Å². The number of carbonyl (C=O) groups is 2. The molecular weight excluding hydrogens is 391 g/mol. The first-order valence-corrected chi connectivity index (χ1v) is 8.50. The van der Waals surface area contributed by atoms with Crippen LogP contribution in [0.4, 0.5) is 0 Å². The van der Waals surface area contributed by atoms with Crippen molar-refractivity contribution in [3.8, 4) is 0 Å². The van der Waals surface area contributed by atoms with Gasteiger partial charge in [-0.05, 0) is 24.5 Å². The lowest BCUT2D eigenvalue weighted by Crippen LogP contribution is -3.00. The largest absolute Gasteiger partial charge is 1.00 e. The molecule has 3 atom stereocenters. The van der Waals surface area contributed by atoms with Gasteiger partial charge in [-0.2, -0.15) is 0 Å². The normalized spacial score (nSPS) is 25.6. The van der Waals surface area contributed by atoms with Gasteiger partial charge in [-0.15, -0.1) is 12.4 Å². The molecular formula is C14H24Cl2N4O4S. The molecule has 1 unspecified atom stereocenters. The number of quaternary nitrogens is 1. The van der Waals surface area contributed by atoms with E-state index < -0.39 is 22.3 Å². The van der Waals surface area contributed by atoms with Gasteiger partial charge in [0.1, 0.15) is 22.1 Å². The summed E-state index contributed by atoms with van der Waals surface area (Å²) in [6, 6.07) is -0.166. The summed E-state index contributed by atoms with van der Waals surface area (Å²) in [6.07, 6.45) is 4.82. The SMILES string of the molecule is C[N+](C)(C/C=C/C1=C(C(=O)O)N2[C@H](CC1)[C@H](N)S2=O)CC(N)=O.Cl.[Cl-]. The summed E-state index contributed by atoms with van der Waals surface area (Å²) in [5.74, 6) is -1.49. The number of amides is 1. The Labute approximate surface area is 161 Å². The molecule has 0 aromatic carbocycles. The molecule has 1 saturated heterocycles. The number of nitrogens with zero attached hydrogens (tertiary/aromatic N) is 2. The van der Waals surface area contributed by atoms with Crippen LogP contribution in [0.1, 0.15) is 12.8 Å². The monoisotopic (exact) mass is 414 g/mol. The zero-order chi connectivity index (χ0) is 17.4. The Morgan fingerprint density at radius 2 is 2.04 bits per heavy atom. The van der Waals surface area contributed by atoms with Gasteiger partial charge in [-0.3, -0.25) is 9.10 Å². The van der Waals surface area contributed by atoms with Crippen LogP contribution < -0.4 is 23.9 Å². The minimum atomic E-state index is -1.48. The molecule has 2 aliphatic heterocycles. The van der Waals surface area contributed by atoms with Gasteiger partial charge < -0.3 is 33.5 Å². The van der Waals surface area contributed by atoms with Crippen molar-refractivity contribution in [1.82, 2.24) is 4.31 Å². The average Bonchev–Trinajstić information content (AvgIpc) is 2.43. The number of primary amides is 1. The van der Waals surface area contributed by atoms with E-state index in [1.165, 1.54) is 4.31 Å². The molecule has 0 bridgehead atoms. The second-order valence-electron chi connectivity index (χ2n) is 6.50. The summed E-state index contributed by atoms with van der Waals surface area (Å²) in [5.41, 5.74) is 11.7. The molecule has 1 amide bonds. The molecule has 0 saturated carbocycles. The molecule has 0 radical (unpaired) electrons. The van der Waals surface area contributed by atoms with Crippen LogP contribution in [0, 0.1) is 0 Å². The summed E-state index contributed by atoms with van der Waals surface area (Å²) in [5, 5.41) is 8.95. The zero-order valence-corrected chi connectivity index (χ0v) is 16.4. The van der Waals surface area contributed by atoms with E-state index in [0.29, 0.717) is 29.4 Å². The van der Waals surface area contributed by atoms with Gasteiger partial charge in [0.15, 0.2) is 6.54 Å². The predicted octanol–water partition coefficient (Wildman–Crippen LogP) is -3.70. The molecule has 2 aliphatic rings. The molecule has 2 heterocycles. The van der Waals surface area contributed by atoms with Gasteiger partial charge >= 0.3 is 5.97 Å². The minimum absolute atomic E-state index is 0. The Hall–Kier alpha value is -1.13. The van der Waals surface area contributed by atoms with E-state index in [0.717, 1.165) is 0 Å². The summed E-state index contributed by atoms with van der Waals surface area (Å²) in [7, 11) is 2.24. The summed E-state index contributed by atoms with van der Waals surface area (Å²) >= 11 is 0. The highest BCUT2D eigenvalue weighted by Gasteiger charge is 2.49. The third-order valence-electron chi connectivity index (χ3n) is 4.05. The molecule has 8 nitrogen and oxygen atoms in total. The van der Waals surface area contributed by atoms with Crippen LogP contribution in [0.15, 0.2) is 23.4 Å². The van der Waals surface area contributed by atoms with Crippen molar-refractivity contribution >= 4 is 35.3 Å². The fourth-order valence-corrected chi connectivity index (χ4v) is 4.40. The average molecular weight is 415 g/mol. The third kappa shape index (κ3) is 5.18. The number of hydrogen-bond donors (Lipinski definition) is 3. The molecule has 0 spiro atoms. The fourth-order valence-electron chi connectivity index (χ4n) is 2.93. The van der Waals surface area contributed by atoms with Gasteiger partial charge in [0, 0.05) is 0 Å². The van der Waals surface area contributed by atoms with Crippen LogP contribution in [-0.4, -0.2) is 68.6 Å². The number of hydrogen-bond acceptors (Lipinski definition) is 4.